The van der Waals surface area contributed by atoms with Gasteiger partial charge in [0.25, 0.3) is 0 Å². The number of benzene rings is 1. The molecule has 2 fully saturated rings. The van der Waals surface area contributed by atoms with Crippen molar-refractivity contribution in [3.63, 3.8) is 0 Å². The Labute approximate surface area is 104 Å². The number of aryl methyl sites for hydroxylation is 1. The van der Waals surface area contributed by atoms with Gasteiger partial charge >= 0.3 is 0 Å². The topological polar surface area (TPSA) is 15.3 Å². The summed E-state index contributed by atoms with van der Waals surface area (Å²) in [5, 5.41) is 3.67. The minimum atomic E-state index is 0.758. The summed E-state index contributed by atoms with van der Waals surface area (Å²) >= 11 is 0. The fraction of sp³-hybridized carbons (Fsp3) is 0.600. The van der Waals surface area contributed by atoms with Crippen LogP contribution < -0.4 is 5.32 Å². The van der Waals surface area contributed by atoms with Gasteiger partial charge in [0.05, 0.1) is 0 Å². The molecule has 0 bridgehead atoms. The van der Waals surface area contributed by atoms with Gasteiger partial charge in [-0.3, -0.25) is 4.90 Å². The summed E-state index contributed by atoms with van der Waals surface area (Å²) < 4.78 is 0. The van der Waals surface area contributed by atoms with Crippen LogP contribution in [-0.4, -0.2) is 30.6 Å². The highest BCUT2D eigenvalue weighted by Gasteiger charge is 2.33. The SMILES string of the molecule is Cc1cccc(CN2C[C@@H]3CCCN[C@@H]3C2)c1. The predicted molar refractivity (Wildman–Crippen MR) is 71.0 cm³/mol. The van der Waals surface area contributed by atoms with Crippen LogP contribution in [0.1, 0.15) is 24.0 Å². The molecule has 2 nitrogen and oxygen atoms in total. The molecular formula is C15H22N2. The molecule has 1 aromatic rings. The van der Waals surface area contributed by atoms with Gasteiger partial charge in [0.2, 0.25) is 0 Å². The van der Waals surface area contributed by atoms with Gasteiger partial charge in [-0.2, -0.15) is 0 Å². The zero-order valence-electron chi connectivity index (χ0n) is 10.7. The van der Waals surface area contributed by atoms with Crippen LogP contribution in [0.2, 0.25) is 0 Å². The minimum absolute atomic E-state index is 0.758. The third-order valence-electron chi connectivity index (χ3n) is 4.16. The Kier molecular flexibility index (Phi) is 3.17. The number of rotatable bonds is 2. The molecule has 2 aliphatic heterocycles. The Morgan fingerprint density at radius 2 is 2.29 bits per heavy atom. The van der Waals surface area contributed by atoms with Gasteiger partial charge in [-0.05, 0) is 37.8 Å². The lowest BCUT2D eigenvalue weighted by Gasteiger charge is -2.24. The van der Waals surface area contributed by atoms with Gasteiger partial charge in [-0.1, -0.05) is 29.8 Å². The Balaban J connectivity index is 1.63. The minimum Gasteiger partial charge on any atom is -0.312 e. The summed E-state index contributed by atoms with van der Waals surface area (Å²) in [4.78, 5) is 2.61. The normalized spacial score (nSPS) is 29.2. The van der Waals surface area contributed by atoms with E-state index in [0.717, 1.165) is 18.5 Å². The van der Waals surface area contributed by atoms with Crippen LogP contribution in [0.3, 0.4) is 0 Å². The van der Waals surface area contributed by atoms with E-state index in [4.69, 9.17) is 0 Å². The zero-order chi connectivity index (χ0) is 11.7. The van der Waals surface area contributed by atoms with Gasteiger partial charge in [0.1, 0.15) is 0 Å². The number of likely N-dealkylation sites (tertiary alicyclic amines) is 1. The smallest absolute Gasteiger partial charge is 0.0235 e. The van der Waals surface area contributed by atoms with Crippen LogP contribution in [0.25, 0.3) is 0 Å². The van der Waals surface area contributed by atoms with Crippen LogP contribution in [-0.2, 0) is 6.54 Å². The zero-order valence-corrected chi connectivity index (χ0v) is 10.7. The Hall–Kier alpha value is -0.860. The second-order valence-electron chi connectivity index (χ2n) is 5.65. The molecule has 2 heteroatoms. The number of nitrogens with zero attached hydrogens (tertiary/aromatic N) is 1. The molecule has 0 aliphatic carbocycles. The van der Waals surface area contributed by atoms with E-state index in [1.165, 1.54) is 43.6 Å². The van der Waals surface area contributed by atoms with Crippen LogP contribution in [0.4, 0.5) is 0 Å². The second-order valence-corrected chi connectivity index (χ2v) is 5.65. The van der Waals surface area contributed by atoms with Gasteiger partial charge in [0, 0.05) is 25.7 Å². The fourth-order valence-corrected chi connectivity index (χ4v) is 3.33. The van der Waals surface area contributed by atoms with Crippen LogP contribution in [0, 0.1) is 12.8 Å². The van der Waals surface area contributed by atoms with Crippen molar-refractivity contribution in [3.05, 3.63) is 35.4 Å². The van der Waals surface area contributed by atoms with Crippen molar-refractivity contribution < 1.29 is 0 Å². The first-order valence-electron chi connectivity index (χ1n) is 6.82. The van der Waals surface area contributed by atoms with Crippen molar-refractivity contribution in [1.82, 2.24) is 10.2 Å². The first kappa shape index (κ1) is 11.2. The third kappa shape index (κ3) is 2.53. The highest BCUT2D eigenvalue weighted by Crippen LogP contribution is 2.26. The average molecular weight is 230 g/mol. The molecule has 0 amide bonds. The second kappa shape index (κ2) is 4.79. The predicted octanol–water partition coefficient (Wildman–Crippen LogP) is 2.18. The monoisotopic (exact) mass is 230 g/mol. The van der Waals surface area contributed by atoms with Crippen molar-refractivity contribution in [3.8, 4) is 0 Å². The van der Waals surface area contributed by atoms with Crippen LogP contribution in [0.15, 0.2) is 24.3 Å². The number of hydrogen-bond donors (Lipinski definition) is 1. The van der Waals surface area contributed by atoms with E-state index in [1.807, 2.05) is 0 Å². The van der Waals surface area contributed by atoms with E-state index in [1.54, 1.807) is 0 Å². The Bertz CT molecular complexity index is 374. The van der Waals surface area contributed by atoms with E-state index >= 15 is 0 Å². The molecule has 2 heterocycles. The van der Waals surface area contributed by atoms with Gasteiger partial charge in [-0.15, -0.1) is 0 Å². The lowest BCUT2D eigenvalue weighted by Crippen LogP contribution is -2.40. The van der Waals surface area contributed by atoms with E-state index in [2.05, 4.69) is 41.4 Å². The van der Waals surface area contributed by atoms with E-state index < -0.39 is 0 Å². The fourth-order valence-electron chi connectivity index (χ4n) is 3.33. The van der Waals surface area contributed by atoms with Crippen molar-refractivity contribution in [1.29, 1.82) is 0 Å². The molecule has 3 rings (SSSR count). The largest absolute Gasteiger partial charge is 0.312 e. The van der Waals surface area contributed by atoms with Gasteiger partial charge in [0.15, 0.2) is 0 Å². The molecule has 2 saturated heterocycles. The van der Waals surface area contributed by atoms with Crippen LogP contribution in [0.5, 0.6) is 0 Å². The van der Waals surface area contributed by atoms with E-state index in [-0.39, 0.29) is 0 Å². The van der Waals surface area contributed by atoms with Gasteiger partial charge in [-0.25, -0.2) is 0 Å². The number of fused-ring (bicyclic) bond motifs is 1. The number of piperidine rings is 1. The number of nitrogens with one attached hydrogen (secondary N) is 1. The Morgan fingerprint density at radius 1 is 1.35 bits per heavy atom. The molecule has 2 atom stereocenters. The lowest BCUT2D eigenvalue weighted by molar-refractivity contribution is 0.312. The molecule has 0 aromatic heterocycles. The Morgan fingerprint density at radius 3 is 3.12 bits per heavy atom. The highest BCUT2D eigenvalue weighted by atomic mass is 15.2. The maximum absolute atomic E-state index is 3.67. The highest BCUT2D eigenvalue weighted by molar-refractivity contribution is 5.22. The van der Waals surface area contributed by atoms with Crippen molar-refractivity contribution in [2.45, 2.75) is 32.4 Å². The first-order valence-corrected chi connectivity index (χ1v) is 6.82. The molecule has 17 heavy (non-hydrogen) atoms. The first-order chi connectivity index (χ1) is 8.31. The summed E-state index contributed by atoms with van der Waals surface area (Å²) in [6, 6.07) is 9.67. The van der Waals surface area contributed by atoms with E-state index in [9.17, 15) is 0 Å². The summed E-state index contributed by atoms with van der Waals surface area (Å²) in [5.74, 6) is 0.897. The van der Waals surface area contributed by atoms with Crippen molar-refractivity contribution >= 4 is 0 Å². The molecule has 0 radical (unpaired) electrons. The standard InChI is InChI=1S/C15H22N2/c1-12-4-2-5-13(8-12)9-17-10-14-6-3-7-16-15(14)11-17/h2,4-5,8,14-16H,3,6-7,9-11H2,1H3/t14-,15+/m0/s1. The summed E-state index contributed by atoms with van der Waals surface area (Å²) in [6.45, 7) is 7.04. The third-order valence-corrected chi connectivity index (χ3v) is 4.16. The summed E-state index contributed by atoms with van der Waals surface area (Å²) in [6.07, 6.45) is 2.78. The quantitative estimate of drug-likeness (QED) is 0.837. The van der Waals surface area contributed by atoms with Gasteiger partial charge < -0.3 is 5.32 Å². The molecule has 2 aliphatic rings. The molecule has 0 unspecified atom stereocenters. The van der Waals surface area contributed by atoms with E-state index in [0.29, 0.717) is 0 Å². The summed E-state index contributed by atoms with van der Waals surface area (Å²) in [5.41, 5.74) is 2.83. The maximum atomic E-state index is 3.67. The number of hydrogen-bond acceptors (Lipinski definition) is 2. The van der Waals surface area contributed by atoms with Crippen LogP contribution >= 0.6 is 0 Å². The lowest BCUT2D eigenvalue weighted by atomic mass is 9.94. The van der Waals surface area contributed by atoms with Crippen molar-refractivity contribution in [2.24, 2.45) is 5.92 Å². The maximum Gasteiger partial charge on any atom is 0.0235 e. The molecular weight excluding hydrogens is 208 g/mol. The molecule has 1 N–H and O–H groups in total. The van der Waals surface area contributed by atoms with Crippen molar-refractivity contribution in [2.75, 3.05) is 19.6 Å². The molecule has 1 aromatic carbocycles. The molecule has 92 valence electrons. The molecule has 0 saturated carbocycles. The summed E-state index contributed by atoms with van der Waals surface area (Å²) in [7, 11) is 0. The average Bonchev–Trinajstić information content (AvgIpc) is 2.71. The molecule has 0 spiro atoms.